The fourth-order valence-electron chi connectivity index (χ4n) is 4.28. The van der Waals surface area contributed by atoms with Gasteiger partial charge in [0.05, 0.1) is 18.8 Å². The number of rotatable bonds is 11. The topological polar surface area (TPSA) is 207 Å². The smallest absolute Gasteiger partial charge is 0.326 e. The minimum Gasteiger partial charge on any atom is -0.481 e. The second-order valence-electron chi connectivity index (χ2n) is 9.56. The molecule has 0 aromatic rings. The van der Waals surface area contributed by atoms with Crippen LogP contribution in [0.4, 0.5) is 0 Å². The number of ether oxygens (including phenoxy) is 4. The van der Waals surface area contributed by atoms with Gasteiger partial charge in [0.25, 0.3) is 0 Å². The number of fused-ring (bicyclic) bond motifs is 1. The highest BCUT2D eigenvalue weighted by Gasteiger charge is 2.52. The second-order valence-corrected chi connectivity index (χ2v) is 9.56. The van der Waals surface area contributed by atoms with Gasteiger partial charge in [-0.2, -0.15) is 0 Å². The third kappa shape index (κ3) is 7.82. The van der Waals surface area contributed by atoms with Crippen LogP contribution >= 0.6 is 0 Å². The molecule has 0 saturated carbocycles. The van der Waals surface area contributed by atoms with Gasteiger partial charge in [-0.05, 0) is 34.1 Å². The molecule has 36 heavy (non-hydrogen) atoms. The maximum absolute atomic E-state index is 12.8. The lowest BCUT2D eigenvalue weighted by Gasteiger charge is -2.50. The van der Waals surface area contributed by atoms with Crippen molar-refractivity contribution in [2.45, 2.75) is 102 Å². The fourth-order valence-corrected chi connectivity index (χ4v) is 4.28. The molecule has 0 aromatic carbocycles. The lowest BCUT2D eigenvalue weighted by molar-refractivity contribution is -0.370. The average Bonchev–Trinajstić information content (AvgIpc) is 2.74. The average molecular weight is 520 g/mol. The first-order valence-corrected chi connectivity index (χ1v) is 11.7. The van der Waals surface area contributed by atoms with Crippen LogP contribution in [0.3, 0.4) is 0 Å². The predicted octanol–water partition coefficient (Wildman–Crippen LogP) is -1.37. The summed E-state index contributed by atoms with van der Waals surface area (Å²) in [6.45, 7) is 7.42. The molecule has 0 radical (unpaired) electrons. The summed E-state index contributed by atoms with van der Waals surface area (Å²) in [6, 6.07) is -3.55. The quantitative estimate of drug-likeness (QED) is 0.214. The first kappa shape index (κ1) is 29.9. The Kier molecular flexibility index (Phi) is 10.2. The van der Waals surface area contributed by atoms with Gasteiger partial charge in [-0.15, -0.1) is 0 Å². The van der Waals surface area contributed by atoms with E-state index in [1.54, 1.807) is 20.8 Å². The highest BCUT2D eigenvalue weighted by Crippen LogP contribution is 2.34. The first-order chi connectivity index (χ1) is 16.6. The van der Waals surface area contributed by atoms with Crippen molar-refractivity contribution in [3.05, 3.63) is 0 Å². The SMILES string of the molecule is CC(=O)N[C@@H]1[C@@H](OC(C)CN(C(=O)[C@H](C)N)[C@H](CCC(=O)O)C(=O)O)[C@@H]2OC(C)(C)OC[C@H]2O[C@@H]1O. The van der Waals surface area contributed by atoms with E-state index in [1.807, 2.05) is 0 Å². The summed E-state index contributed by atoms with van der Waals surface area (Å²) in [5, 5.41) is 31.9. The Labute approximate surface area is 209 Å². The molecule has 2 heterocycles. The zero-order valence-corrected chi connectivity index (χ0v) is 21.1. The molecule has 2 aliphatic heterocycles. The van der Waals surface area contributed by atoms with E-state index < -0.39 is 84.8 Å². The highest BCUT2D eigenvalue weighted by atomic mass is 16.7. The van der Waals surface area contributed by atoms with Crippen molar-refractivity contribution in [3.63, 3.8) is 0 Å². The van der Waals surface area contributed by atoms with E-state index in [-0.39, 0.29) is 19.6 Å². The fraction of sp³-hybridized carbons (Fsp3) is 0.818. The largest absolute Gasteiger partial charge is 0.481 e. The highest BCUT2D eigenvalue weighted by molar-refractivity contribution is 5.87. The van der Waals surface area contributed by atoms with E-state index in [2.05, 4.69) is 5.32 Å². The van der Waals surface area contributed by atoms with E-state index in [0.717, 1.165) is 4.90 Å². The lowest BCUT2D eigenvalue weighted by atomic mass is 9.94. The number of hydrogen-bond donors (Lipinski definition) is 5. The third-order valence-corrected chi connectivity index (χ3v) is 5.86. The summed E-state index contributed by atoms with van der Waals surface area (Å²) in [5.74, 6) is -4.76. The molecule has 6 N–H and O–H groups in total. The number of carbonyl (C=O) groups excluding carboxylic acids is 2. The van der Waals surface area contributed by atoms with Crippen molar-refractivity contribution in [1.29, 1.82) is 0 Å². The molecule has 1 unspecified atom stereocenters. The second kappa shape index (κ2) is 12.3. The summed E-state index contributed by atoms with van der Waals surface area (Å²) < 4.78 is 23.4. The van der Waals surface area contributed by atoms with Crippen LogP contribution in [-0.2, 0) is 38.1 Å². The molecular formula is C22H37N3O11. The van der Waals surface area contributed by atoms with Crippen LogP contribution in [0.2, 0.25) is 0 Å². The van der Waals surface area contributed by atoms with Gasteiger partial charge >= 0.3 is 11.9 Å². The van der Waals surface area contributed by atoms with Crippen molar-refractivity contribution in [2.75, 3.05) is 13.2 Å². The van der Waals surface area contributed by atoms with Gasteiger partial charge in [-0.25, -0.2) is 4.79 Å². The molecule has 0 aliphatic carbocycles. The summed E-state index contributed by atoms with van der Waals surface area (Å²) >= 11 is 0. The molecule has 2 aliphatic rings. The maximum atomic E-state index is 12.8. The van der Waals surface area contributed by atoms with E-state index in [4.69, 9.17) is 29.8 Å². The minimum atomic E-state index is -1.46. The summed E-state index contributed by atoms with van der Waals surface area (Å²) in [6.07, 6.45) is -5.57. The van der Waals surface area contributed by atoms with Gasteiger partial charge in [0, 0.05) is 19.9 Å². The molecule has 2 rings (SSSR count). The normalized spacial score (nSPS) is 29.8. The lowest BCUT2D eigenvalue weighted by Crippen LogP contribution is -2.69. The van der Waals surface area contributed by atoms with Crippen molar-refractivity contribution >= 4 is 23.8 Å². The summed E-state index contributed by atoms with van der Waals surface area (Å²) in [5.41, 5.74) is 5.73. The third-order valence-electron chi connectivity index (χ3n) is 5.86. The Balaban J connectivity index is 2.31. The van der Waals surface area contributed by atoms with Crippen molar-refractivity contribution < 1.29 is 53.4 Å². The van der Waals surface area contributed by atoms with E-state index >= 15 is 0 Å². The van der Waals surface area contributed by atoms with Gasteiger partial charge in [-0.3, -0.25) is 14.4 Å². The predicted molar refractivity (Wildman–Crippen MR) is 121 cm³/mol. The Morgan fingerprint density at radius 1 is 1.22 bits per heavy atom. The number of carboxylic acids is 2. The minimum absolute atomic E-state index is 0.0847. The molecule has 0 aromatic heterocycles. The molecule has 0 bridgehead atoms. The number of nitrogens with zero attached hydrogens (tertiary/aromatic N) is 1. The van der Waals surface area contributed by atoms with Crippen LogP contribution in [0.25, 0.3) is 0 Å². The standard InChI is InChI=1S/C22H37N3O11/c1-10(8-25(19(29)11(2)23)13(20(30)31)6-7-15(27)28)34-18-16(24-12(3)26)21(32)35-14-9-33-22(4,5)36-17(14)18/h10-11,13-14,16-18,21,32H,6-9,23H2,1-5H3,(H,24,26)(H,27,28)(H,30,31)/t10?,11-,13+,14+,16+,17+,18+,21-/m0/s1. The number of carbonyl (C=O) groups is 4. The molecule has 14 heteroatoms. The zero-order valence-electron chi connectivity index (χ0n) is 21.1. The van der Waals surface area contributed by atoms with Gasteiger partial charge in [0.2, 0.25) is 11.8 Å². The van der Waals surface area contributed by atoms with Crippen LogP contribution in [0.1, 0.15) is 47.5 Å². The van der Waals surface area contributed by atoms with E-state index in [0.29, 0.717) is 0 Å². The number of nitrogens with two attached hydrogens (primary N) is 1. The molecular weight excluding hydrogens is 482 g/mol. The van der Waals surface area contributed by atoms with Gasteiger partial charge in [-0.1, -0.05) is 0 Å². The van der Waals surface area contributed by atoms with Crippen LogP contribution in [0.15, 0.2) is 0 Å². The van der Waals surface area contributed by atoms with Gasteiger partial charge in [0.15, 0.2) is 12.1 Å². The monoisotopic (exact) mass is 519 g/mol. The molecule has 14 nitrogen and oxygen atoms in total. The molecule has 206 valence electrons. The van der Waals surface area contributed by atoms with E-state index in [9.17, 15) is 29.4 Å². The number of aliphatic hydroxyl groups excluding tert-OH is 1. The zero-order chi connectivity index (χ0) is 27.4. The van der Waals surface area contributed by atoms with Crippen LogP contribution < -0.4 is 11.1 Å². The Morgan fingerprint density at radius 2 is 1.86 bits per heavy atom. The number of aliphatic hydroxyl groups is 1. The summed E-state index contributed by atoms with van der Waals surface area (Å²) in [4.78, 5) is 48.6. The molecule has 8 atom stereocenters. The van der Waals surface area contributed by atoms with Crippen LogP contribution in [0, 0.1) is 0 Å². The number of nitrogens with one attached hydrogen (secondary N) is 1. The Morgan fingerprint density at radius 3 is 2.39 bits per heavy atom. The number of carboxylic acid groups (broad SMARTS) is 2. The first-order valence-electron chi connectivity index (χ1n) is 11.7. The Bertz CT molecular complexity index is 821. The summed E-state index contributed by atoms with van der Waals surface area (Å²) in [7, 11) is 0. The number of amides is 2. The molecule has 2 amide bonds. The van der Waals surface area contributed by atoms with Crippen molar-refractivity contribution in [2.24, 2.45) is 5.73 Å². The Hall–Kier alpha value is -2.36. The van der Waals surface area contributed by atoms with E-state index in [1.165, 1.54) is 13.8 Å². The van der Waals surface area contributed by atoms with Crippen molar-refractivity contribution in [1.82, 2.24) is 10.2 Å². The molecule has 2 fully saturated rings. The molecule has 0 spiro atoms. The van der Waals surface area contributed by atoms with Crippen LogP contribution in [-0.4, -0.2) is 112 Å². The number of hydrogen-bond acceptors (Lipinski definition) is 10. The van der Waals surface area contributed by atoms with Gasteiger partial charge in [0.1, 0.15) is 30.4 Å². The maximum Gasteiger partial charge on any atom is 0.326 e. The van der Waals surface area contributed by atoms with Crippen molar-refractivity contribution in [3.8, 4) is 0 Å². The number of aliphatic carboxylic acids is 2. The van der Waals surface area contributed by atoms with Crippen LogP contribution in [0.5, 0.6) is 0 Å². The molecule has 2 saturated heterocycles. The van der Waals surface area contributed by atoms with Gasteiger partial charge < -0.3 is 50.2 Å².